The van der Waals surface area contributed by atoms with Crippen molar-refractivity contribution in [3.8, 4) is 5.75 Å². The number of rotatable bonds is 4. The fourth-order valence-electron chi connectivity index (χ4n) is 4.83. The highest BCUT2D eigenvalue weighted by Gasteiger charge is 2.35. The third kappa shape index (κ3) is 4.02. The molecule has 1 amide bonds. The van der Waals surface area contributed by atoms with Gasteiger partial charge in [-0.2, -0.15) is 4.39 Å². The van der Waals surface area contributed by atoms with Crippen molar-refractivity contribution in [1.29, 1.82) is 0 Å². The van der Waals surface area contributed by atoms with E-state index >= 15 is 0 Å². The molecule has 1 saturated heterocycles. The van der Waals surface area contributed by atoms with E-state index in [-0.39, 0.29) is 12.0 Å². The standard InChI is InChI=1S/C21H29FN2O2/c22-20-9-8-19(14-23-20)26-18-10-12-24(13-11-18)21(25)17-6-4-16(5-7-17)15-2-1-3-15/h8-9,14-18H,1-7,10-13H2. The average Bonchev–Trinajstić information content (AvgIpc) is 2.63. The van der Waals surface area contributed by atoms with E-state index in [1.54, 1.807) is 6.07 Å². The molecular weight excluding hydrogens is 331 g/mol. The minimum atomic E-state index is -0.496. The molecule has 0 radical (unpaired) electrons. The molecule has 0 unspecified atom stereocenters. The fraction of sp³-hybridized carbons (Fsp3) is 0.714. The second-order valence-corrected chi connectivity index (χ2v) is 8.26. The minimum Gasteiger partial charge on any atom is -0.489 e. The summed E-state index contributed by atoms with van der Waals surface area (Å²) in [6.07, 6.45) is 12.1. The van der Waals surface area contributed by atoms with Crippen LogP contribution in [0.1, 0.15) is 57.8 Å². The number of nitrogens with zero attached hydrogens (tertiary/aromatic N) is 2. The van der Waals surface area contributed by atoms with Crippen molar-refractivity contribution < 1.29 is 13.9 Å². The van der Waals surface area contributed by atoms with Crippen LogP contribution in [0.3, 0.4) is 0 Å². The second-order valence-electron chi connectivity index (χ2n) is 8.26. The third-order valence-corrected chi connectivity index (χ3v) is 6.69. The van der Waals surface area contributed by atoms with E-state index in [4.69, 9.17) is 4.74 Å². The van der Waals surface area contributed by atoms with Gasteiger partial charge in [0.05, 0.1) is 6.20 Å². The zero-order chi connectivity index (χ0) is 17.9. The highest BCUT2D eigenvalue weighted by molar-refractivity contribution is 5.79. The Balaban J connectivity index is 1.21. The van der Waals surface area contributed by atoms with E-state index in [1.165, 1.54) is 44.4 Å². The molecule has 5 heteroatoms. The van der Waals surface area contributed by atoms with Crippen molar-refractivity contribution in [2.45, 2.75) is 63.9 Å². The van der Waals surface area contributed by atoms with Crippen LogP contribution in [0.5, 0.6) is 5.75 Å². The van der Waals surface area contributed by atoms with Gasteiger partial charge in [0.1, 0.15) is 11.9 Å². The highest BCUT2D eigenvalue weighted by atomic mass is 19.1. The van der Waals surface area contributed by atoms with E-state index in [1.807, 2.05) is 4.90 Å². The van der Waals surface area contributed by atoms with Crippen molar-refractivity contribution in [3.05, 3.63) is 24.3 Å². The van der Waals surface area contributed by atoms with Crippen molar-refractivity contribution in [2.75, 3.05) is 13.1 Å². The Bertz CT molecular complexity index is 601. The Morgan fingerprint density at radius 1 is 1.00 bits per heavy atom. The summed E-state index contributed by atoms with van der Waals surface area (Å²) in [4.78, 5) is 18.5. The van der Waals surface area contributed by atoms with Crippen LogP contribution in [-0.2, 0) is 4.79 Å². The summed E-state index contributed by atoms with van der Waals surface area (Å²) in [5.74, 6) is 2.55. The average molecular weight is 360 g/mol. The first-order chi connectivity index (χ1) is 12.7. The Labute approximate surface area is 155 Å². The van der Waals surface area contributed by atoms with Gasteiger partial charge in [0.25, 0.3) is 0 Å². The summed E-state index contributed by atoms with van der Waals surface area (Å²) in [5, 5.41) is 0. The molecule has 0 bridgehead atoms. The normalized spacial score (nSPS) is 27.8. The number of halogens is 1. The lowest BCUT2D eigenvalue weighted by Crippen LogP contribution is -2.45. The number of carbonyl (C=O) groups is 1. The quantitative estimate of drug-likeness (QED) is 0.756. The first-order valence-electron chi connectivity index (χ1n) is 10.3. The third-order valence-electron chi connectivity index (χ3n) is 6.69. The van der Waals surface area contributed by atoms with E-state index in [2.05, 4.69) is 4.98 Å². The van der Waals surface area contributed by atoms with Gasteiger partial charge in [0, 0.05) is 31.8 Å². The van der Waals surface area contributed by atoms with Crippen LogP contribution in [-0.4, -0.2) is 35.0 Å². The second kappa shape index (κ2) is 7.93. The number of hydrogen-bond acceptors (Lipinski definition) is 3. The summed E-state index contributed by atoms with van der Waals surface area (Å²) < 4.78 is 18.7. The van der Waals surface area contributed by atoms with Crippen LogP contribution in [0, 0.1) is 23.7 Å². The number of aromatic nitrogens is 1. The topological polar surface area (TPSA) is 42.4 Å². The predicted octanol–water partition coefficient (Wildman–Crippen LogP) is 4.20. The molecule has 0 atom stereocenters. The molecule has 4 nitrogen and oxygen atoms in total. The van der Waals surface area contributed by atoms with Gasteiger partial charge in [-0.3, -0.25) is 4.79 Å². The Hall–Kier alpha value is -1.65. The van der Waals surface area contributed by atoms with Gasteiger partial charge >= 0.3 is 0 Å². The zero-order valence-corrected chi connectivity index (χ0v) is 15.4. The molecule has 0 N–H and O–H groups in total. The van der Waals surface area contributed by atoms with Crippen LogP contribution < -0.4 is 4.74 Å². The summed E-state index contributed by atoms with van der Waals surface area (Å²) in [6.45, 7) is 1.53. The summed E-state index contributed by atoms with van der Waals surface area (Å²) in [6, 6.07) is 2.92. The van der Waals surface area contributed by atoms with Crippen molar-refractivity contribution in [3.63, 3.8) is 0 Å². The van der Waals surface area contributed by atoms with Crippen molar-refractivity contribution in [1.82, 2.24) is 9.88 Å². The monoisotopic (exact) mass is 360 g/mol. The largest absolute Gasteiger partial charge is 0.489 e. The summed E-state index contributed by atoms with van der Waals surface area (Å²) in [7, 11) is 0. The fourth-order valence-corrected chi connectivity index (χ4v) is 4.83. The number of pyridine rings is 1. The molecule has 4 rings (SSSR count). The molecule has 1 aliphatic heterocycles. The molecule has 0 spiro atoms. The number of likely N-dealkylation sites (tertiary alicyclic amines) is 1. The molecule has 3 fully saturated rings. The van der Waals surface area contributed by atoms with Gasteiger partial charge in [-0.25, -0.2) is 4.98 Å². The van der Waals surface area contributed by atoms with Gasteiger partial charge in [0.15, 0.2) is 0 Å². The van der Waals surface area contributed by atoms with Gasteiger partial charge in [-0.15, -0.1) is 0 Å². The lowest BCUT2D eigenvalue weighted by molar-refractivity contribution is -0.139. The number of hydrogen-bond donors (Lipinski definition) is 0. The van der Waals surface area contributed by atoms with Gasteiger partial charge in [-0.05, 0) is 49.7 Å². The Morgan fingerprint density at radius 2 is 1.69 bits per heavy atom. The number of piperidine rings is 1. The van der Waals surface area contributed by atoms with Crippen molar-refractivity contribution in [2.24, 2.45) is 17.8 Å². The van der Waals surface area contributed by atoms with Gasteiger partial charge < -0.3 is 9.64 Å². The van der Waals surface area contributed by atoms with Gasteiger partial charge in [-0.1, -0.05) is 19.3 Å². The van der Waals surface area contributed by atoms with Crippen molar-refractivity contribution >= 4 is 5.91 Å². The van der Waals surface area contributed by atoms with Crippen LogP contribution in [0.4, 0.5) is 4.39 Å². The first-order valence-corrected chi connectivity index (χ1v) is 10.3. The molecule has 26 heavy (non-hydrogen) atoms. The first kappa shape index (κ1) is 17.7. The molecule has 3 aliphatic rings. The molecule has 142 valence electrons. The highest BCUT2D eigenvalue weighted by Crippen LogP contribution is 2.42. The van der Waals surface area contributed by atoms with Crippen LogP contribution in [0.2, 0.25) is 0 Å². The molecule has 1 aromatic rings. The maximum atomic E-state index is 12.9. The molecule has 2 heterocycles. The number of amides is 1. The minimum absolute atomic E-state index is 0.0839. The smallest absolute Gasteiger partial charge is 0.225 e. The Kier molecular flexibility index (Phi) is 5.41. The Morgan fingerprint density at radius 3 is 2.27 bits per heavy atom. The maximum Gasteiger partial charge on any atom is 0.225 e. The molecule has 2 aliphatic carbocycles. The SMILES string of the molecule is O=C(C1CCC(C2CCC2)CC1)N1CCC(Oc2ccc(F)nc2)CC1. The molecule has 1 aromatic heterocycles. The molecule has 2 saturated carbocycles. The molecular formula is C21H29FN2O2. The maximum absolute atomic E-state index is 12.9. The number of ether oxygens (including phenoxy) is 1. The van der Waals surface area contributed by atoms with E-state index < -0.39 is 5.95 Å². The van der Waals surface area contributed by atoms with Crippen LogP contribution in [0.25, 0.3) is 0 Å². The summed E-state index contributed by atoms with van der Waals surface area (Å²) >= 11 is 0. The van der Waals surface area contributed by atoms with E-state index in [9.17, 15) is 9.18 Å². The lowest BCUT2D eigenvalue weighted by atomic mass is 9.68. The van der Waals surface area contributed by atoms with E-state index in [0.29, 0.717) is 11.7 Å². The summed E-state index contributed by atoms with van der Waals surface area (Å²) in [5.41, 5.74) is 0. The predicted molar refractivity (Wildman–Crippen MR) is 97.2 cm³/mol. The van der Waals surface area contributed by atoms with Crippen LogP contribution in [0.15, 0.2) is 18.3 Å². The van der Waals surface area contributed by atoms with Crippen LogP contribution >= 0.6 is 0 Å². The lowest BCUT2D eigenvalue weighted by Gasteiger charge is -2.40. The molecule has 0 aromatic carbocycles. The number of carbonyl (C=O) groups excluding carboxylic acids is 1. The van der Waals surface area contributed by atoms with Gasteiger partial charge in [0.2, 0.25) is 11.9 Å². The zero-order valence-electron chi connectivity index (χ0n) is 15.4. The van der Waals surface area contributed by atoms with E-state index in [0.717, 1.165) is 50.6 Å².